The van der Waals surface area contributed by atoms with Crippen molar-refractivity contribution >= 4 is 17.2 Å². The van der Waals surface area contributed by atoms with E-state index in [0.29, 0.717) is 18.1 Å². The lowest BCUT2D eigenvalue weighted by atomic mass is 10.1. The Hall–Kier alpha value is -1.69. The van der Waals surface area contributed by atoms with E-state index in [4.69, 9.17) is 0 Å². The van der Waals surface area contributed by atoms with E-state index in [1.807, 2.05) is 26.2 Å². The highest BCUT2D eigenvalue weighted by atomic mass is 32.1. The van der Waals surface area contributed by atoms with Crippen molar-refractivity contribution in [1.29, 1.82) is 0 Å². The molecule has 0 radical (unpaired) electrons. The zero-order chi connectivity index (χ0) is 13.2. The second kappa shape index (κ2) is 4.89. The van der Waals surface area contributed by atoms with Gasteiger partial charge in [-0.2, -0.15) is 0 Å². The van der Waals surface area contributed by atoms with Gasteiger partial charge in [-0.1, -0.05) is 6.92 Å². The minimum Gasteiger partial charge on any atom is -0.358 e. The van der Waals surface area contributed by atoms with Gasteiger partial charge in [-0.3, -0.25) is 4.79 Å². The van der Waals surface area contributed by atoms with Crippen LogP contribution in [0.5, 0.6) is 0 Å². The molecule has 2 N–H and O–H groups in total. The number of aromatic amines is 1. The van der Waals surface area contributed by atoms with E-state index in [9.17, 15) is 4.79 Å². The van der Waals surface area contributed by atoms with Gasteiger partial charge in [-0.15, -0.1) is 11.3 Å². The average Bonchev–Trinajstić information content (AvgIpc) is 2.81. The molecule has 0 aliphatic carbocycles. The van der Waals surface area contributed by atoms with Gasteiger partial charge in [0.15, 0.2) is 0 Å². The first-order chi connectivity index (χ1) is 8.51. The van der Waals surface area contributed by atoms with Crippen molar-refractivity contribution in [3.05, 3.63) is 38.8 Å². The summed E-state index contributed by atoms with van der Waals surface area (Å²) in [4.78, 5) is 22.8. The largest absolute Gasteiger partial charge is 0.358 e. The Morgan fingerprint density at radius 2 is 2.28 bits per heavy atom. The molecular weight excluding hydrogens is 248 g/mol. The number of aromatic nitrogens is 3. The first-order valence-corrected chi connectivity index (χ1v) is 6.67. The molecule has 0 fully saturated rings. The fourth-order valence-electron chi connectivity index (χ4n) is 1.65. The van der Waals surface area contributed by atoms with Crippen molar-refractivity contribution in [2.75, 3.05) is 5.32 Å². The second-order valence-corrected chi connectivity index (χ2v) is 5.41. The van der Waals surface area contributed by atoms with Crippen LogP contribution in [0.3, 0.4) is 0 Å². The first kappa shape index (κ1) is 12.8. The maximum atomic E-state index is 11.5. The maximum absolute atomic E-state index is 11.5. The van der Waals surface area contributed by atoms with Gasteiger partial charge >= 0.3 is 0 Å². The SMILES string of the molecule is CCc1nc(NC(C)(C)c2nccs2)cc(=O)[nH]1. The molecule has 0 atom stereocenters. The Balaban J connectivity index is 2.29. The third-order valence-electron chi connectivity index (χ3n) is 2.53. The van der Waals surface area contributed by atoms with Crippen molar-refractivity contribution < 1.29 is 0 Å². The summed E-state index contributed by atoms with van der Waals surface area (Å²) in [7, 11) is 0. The molecule has 2 aromatic rings. The van der Waals surface area contributed by atoms with Gasteiger partial charge in [-0.25, -0.2) is 9.97 Å². The smallest absolute Gasteiger partial charge is 0.252 e. The number of H-pyrrole nitrogens is 1. The topological polar surface area (TPSA) is 70.7 Å². The van der Waals surface area contributed by atoms with Crippen LogP contribution in [0.25, 0.3) is 0 Å². The molecule has 2 heterocycles. The lowest BCUT2D eigenvalue weighted by Crippen LogP contribution is -2.29. The van der Waals surface area contributed by atoms with E-state index in [0.717, 1.165) is 5.01 Å². The van der Waals surface area contributed by atoms with E-state index >= 15 is 0 Å². The Morgan fingerprint density at radius 3 is 2.89 bits per heavy atom. The molecule has 5 nitrogen and oxygen atoms in total. The third-order valence-corrected chi connectivity index (χ3v) is 3.63. The zero-order valence-corrected chi connectivity index (χ0v) is 11.5. The molecule has 6 heteroatoms. The predicted octanol–water partition coefficient (Wildman–Crippen LogP) is 2.14. The summed E-state index contributed by atoms with van der Waals surface area (Å²) in [6.45, 7) is 5.98. The fourth-order valence-corrected chi connectivity index (χ4v) is 2.36. The normalized spacial score (nSPS) is 11.5. The predicted molar refractivity (Wildman–Crippen MR) is 73.0 cm³/mol. The maximum Gasteiger partial charge on any atom is 0.252 e. The second-order valence-electron chi connectivity index (χ2n) is 4.52. The molecule has 18 heavy (non-hydrogen) atoms. The molecule has 0 spiro atoms. The van der Waals surface area contributed by atoms with Crippen molar-refractivity contribution in [2.45, 2.75) is 32.7 Å². The molecule has 96 valence electrons. The molecule has 0 unspecified atom stereocenters. The Kier molecular flexibility index (Phi) is 3.47. The van der Waals surface area contributed by atoms with E-state index in [1.165, 1.54) is 6.07 Å². The van der Waals surface area contributed by atoms with E-state index in [1.54, 1.807) is 17.5 Å². The lowest BCUT2D eigenvalue weighted by Gasteiger charge is -2.24. The number of aryl methyl sites for hydroxylation is 1. The van der Waals surface area contributed by atoms with Crippen LogP contribution in [-0.4, -0.2) is 15.0 Å². The van der Waals surface area contributed by atoms with E-state index in [-0.39, 0.29) is 11.1 Å². The first-order valence-electron chi connectivity index (χ1n) is 5.79. The van der Waals surface area contributed by atoms with Crippen LogP contribution in [0.4, 0.5) is 5.82 Å². The highest BCUT2D eigenvalue weighted by molar-refractivity contribution is 7.09. The van der Waals surface area contributed by atoms with Gasteiger partial charge < -0.3 is 10.3 Å². The van der Waals surface area contributed by atoms with Gasteiger partial charge in [0, 0.05) is 24.1 Å². The summed E-state index contributed by atoms with van der Waals surface area (Å²) < 4.78 is 0. The van der Waals surface area contributed by atoms with Gasteiger partial charge in [0.1, 0.15) is 16.6 Å². The van der Waals surface area contributed by atoms with Crippen molar-refractivity contribution in [3.8, 4) is 0 Å². The standard InChI is InChI=1S/C12H16N4OS/c1-4-8-14-9(7-10(17)15-8)16-12(2,3)11-13-5-6-18-11/h5-7H,4H2,1-3H3,(H2,14,15,16,17). The number of nitrogens with one attached hydrogen (secondary N) is 2. The summed E-state index contributed by atoms with van der Waals surface area (Å²) in [5.74, 6) is 1.26. The van der Waals surface area contributed by atoms with Crippen LogP contribution in [0.2, 0.25) is 0 Å². The minimum atomic E-state index is -0.347. The Bertz CT molecular complexity index is 574. The molecular formula is C12H16N4OS. The van der Waals surface area contributed by atoms with Crippen LogP contribution in [-0.2, 0) is 12.0 Å². The molecule has 0 aliphatic rings. The molecule has 2 aromatic heterocycles. The van der Waals surface area contributed by atoms with Crippen molar-refractivity contribution in [1.82, 2.24) is 15.0 Å². The number of hydrogen-bond acceptors (Lipinski definition) is 5. The van der Waals surface area contributed by atoms with Crippen molar-refractivity contribution in [2.24, 2.45) is 0 Å². The highest BCUT2D eigenvalue weighted by Gasteiger charge is 2.23. The molecule has 0 amide bonds. The average molecular weight is 264 g/mol. The monoisotopic (exact) mass is 264 g/mol. The molecule has 0 saturated heterocycles. The molecule has 0 bridgehead atoms. The Labute approximate surface area is 109 Å². The summed E-state index contributed by atoms with van der Waals surface area (Å²) in [6, 6.07) is 1.47. The zero-order valence-electron chi connectivity index (χ0n) is 10.7. The molecule has 0 saturated carbocycles. The fraction of sp³-hybridized carbons (Fsp3) is 0.417. The number of nitrogens with zero attached hydrogens (tertiary/aromatic N) is 2. The van der Waals surface area contributed by atoms with E-state index in [2.05, 4.69) is 20.3 Å². The molecule has 0 aliphatic heterocycles. The summed E-state index contributed by atoms with van der Waals surface area (Å²) in [6.07, 6.45) is 2.47. The van der Waals surface area contributed by atoms with Crippen LogP contribution in [0, 0.1) is 0 Å². The highest BCUT2D eigenvalue weighted by Crippen LogP contribution is 2.25. The van der Waals surface area contributed by atoms with E-state index < -0.39 is 0 Å². The van der Waals surface area contributed by atoms with Crippen LogP contribution < -0.4 is 10.9 Å². The number of thiazole rings is 1. The van der Waals surface area contributed by atoms with Gasteiger partial charge in [0.2, 0.25) is 0 Å². The Morgan fingerprint density at radius 1 is 1.50 bits per heavy atom. The quantitative estimate of drug-likeness (QED) is 0.887. The molecule has 2 rings (SSSR count). The van der Waals surface area contributed by atoms with Crippen molar-refractivity contribution in [3.63, 3.8) is 0 Å². The third kappa shape index (κ3) is 2.76. The summed E-state index contributed by atoms with van der Waals surface area (Å²) in [5, 5.41) is 6.15. The van der Waals surface area contributed by atoms with Crippen LogP contribution >= 0.6 is 11.3 Å². The number of hydrogen-bond donors (Lipinski definition) is 2. The minimum absolute atomic E-state index is 0.140. The molecule has 0 aromatic carbocycles. The number of rotatable bonds is 4. The summed E-state index contributed by atoms with van der Waals surface area (Å²) in [5.41, 5.74) is -0.487. The number of anilines is 1. The van der Waals surface area contributed by atoms with Crippen LogP contribution in [0.1, 0.15) is 31.6 Å². The lowest BCUT2D eigenvalue weighted by molar-refractivity contribution is 0.599. The van der Waals surface area contributed by atoms with Gasteiger partial charge in [-0.05, 0) is 13.8 Å². The van der Waals surface area contributed by atoms with Gasteiger partial charge in [0.25, 0.3) is 5.56 Å². The summed E-state index contributed by atoms with van der Waals surface area (Å²) >= 11 is 1.58. The van der Waals surface area contributed by atoms with Crippen LogP contribution in [0.15, 0.2) is 22.4 Å². The van der Waals surface area contributed by atoms with Gasteiger partial charge in [0.05, 0.1) is 5.54 Å².